The van der Waals surface area contributed by atoms with Crippen LogP contribution in [0.5, 0.6) is 0 Å². The van der Waals surface area contributed by atoms with Crippen molar-refractivity contribution >= 4 is 15.7 Å². The number of hydrogen-bond donors (Lipinski definition) is 1. The van der Waals surface area contributed by atoms with Crippen molar-refractivity contribution in [2.75, 3.05) is 11.0 Å². The van der Waals surface area contributed by atoms with Gasteiger partial charge in [0, 0.05) is 6.07 Å². The van der Waals surface area contributed by atoms with Gasteiger partial charge < -0.3 is 0 Å². The van der Waals surface area contributed by atoms with Gasteiger partial charge in [0.05, 0.1) is 11.9 Å². The Morgan fingerprint density at radius 2 is 1.79 bits per heavy atom. The van der Waals surface area contributed by atoms with Crippen molar-refractivity contribution in [3.8, 4) is 0 Å². The number of sulfonamides is 1. The molecule has 0 radical (unpaired) electrons. The molecule has 1 rings (SSSR count). The average Bonchev–Trinajstić information content (AvgIpc) is 1.97. The van der Waals surface area contributed by atoms with Crippen LogP contribution < -0.4 is 4.72 Å². The Hall–Kier alpha value is -1.17. The highest BCUT2D eigenvalue weighted by Crippen LogP contribution is 2.19. The summed E-state index contributed by atoms with van der Waals surface area (Å²) < 4.78 is 49.4. The van der Waals surface area contributed by atoms with E-state index < -0.39 is 21.7 Å². The molecule has 0 saturated heterocycles. The number of benzene rings is 1. The number of rotatable bonds is 2. The third-order valence-corrected chi connectivity index (χ3v) is 2.13. The van der Waals surface area contributed by atoms with Crippen molar-refractivity contribution in [3.63, 3.8) is 0 Å². The third-order valence-electron chi connectivity index (χ3n) is 1.54. The van der Waals surface area contributed by atoms with E-state index in [0.717, 1.165) is 18.4 Å². The Morgan fingerprint density at radius 1 is 1.21 bits per heavy atom. The predicted octanol–water partition coefficient (Wildman–Crippen LogP) is 1.64. The second kappa shape index (κ2) is 3.53. The molecule has 0 atom stereocenters. The summed E-state index contributed by atoms with van der Waals surface area (Å²) in [6.07, 6.45) is 0.865. The quantitative estimate of drug-likeness (QED) is 0.825. The molecule has 0 aromatic heterocycles. The predicted molar refractivity (Wildman–Crippen MR) is 49.6 cm³/mol. The summed E-state index contributed by atoms with van der Waals surface area (Å²) in [5, 5.41) is 0. The fourth-order valence-electron chi connectivity index (χ4n) is 0.924. The molecule has 0 spiro atoms. The summed E-state index contributed by atoms with van der Waals surface area (Å²) in [4.78, 5) is 0. The monoisotopic (exact) mass is 221 g/mol. The second-order valence-corrected chi connectivity index (χ2v) is 4.70. The maximum atomic E-state index is 13.1. The zero-order chi connectivity index (χ0) is 10.9. The van der Waals surface area contributed by atoms with E-state index in [2.05, 4.69) is 0 Å². The number of hydrogen-bond acceptors (Lipinski definition) is 2. The number of nitrogens with one attached hydrogen (secondary N) is 1. The summed E-state index contributed by atoms with van der Waals surface area (Å²) >= 11 is 0. The molecule has 0 aliphatic heterocycles. The zero-order valence-electron chi connectivity index (χ0n) is 7.64. The fraction of sp³-hybridized carbons (Fsp3) is 0.250. The molecule has 0 amide bonds. The molecule has 0 bridgehead atoms. The van der Waals surface area contributed by atoms with Crippen LogP contribution in [0.25, 0.3) is 0 Å². The number of halogens is 2. The smallest absolute Gasteiger partial charge is 0.229 e. The van der Waals surface area contributed by atoms with Gasteiger partial charge in [-0.3, -0.25) is 4.72 Å². The minimum atomic E-state index is -3.59. The van der Waals surface area contributed by atoms with E-state index in [1.807, 2.05) is 4.72 Å². The van der Waals surface area contributed by atoms with Crippen molar-refractivity contribution in [2.24, 2.45) is 0 Å². The Kier molecular flexibility index (Phi) is 2.75. The molecular formula is C8H9F2NO2S. The van der Waals surface area contributed by atoms with E-state index in [0.29, 0.717) is 0 Å². The molecule has 14 heavy (non-hydrogen) atoms. The maximum absolute atomic E-state index is 13.1. The fourth-order valence-corrected chi connectivity index (χ4v) is 1.48. The largest absolute Gasteiger partial charge is 0.281 e. The van der Waals surface area contributed by atoms with Crippen LogP contribution in [0.15, 0.2) is 12.1 Å². The summed E-state index contributed by atoms with van der Waals surface area (Å²) in [5.74, 6) is -1.45. The first-order chi connectivity index (χ1) is 6.29. The van der Waals surface area contributed by atoms with Crippen LogP contribution in [0.1, 0.15) is 5.56 Å². The van der Waals surface area contributed by atoms with Crippen molar-refractivity contribution in [3.05, 3.63) is 29.3 Å². The van der Waals surface area contributed by atoms with E-state index in [1.165, 1.54) is 6.92 Å². The van der Waals surface area contributed by atoms with Gasteiger partial charge in [-0.25, -0.2) is 17.2 Å². The van der Waals surface area contributed by atoms with E-state index in [9.17, 15) is 17.2 Å². The molecule has 0 aliphatic carbocycles. The Bertz CT molecular complexity index is 457. The van der Waals surface area contributed by atoms with E-state index in [-0.39, 0.29) is 11.3 Å². The standard InChI is InChI=1S/C8H9F2NO2S/c1-5-3-7(10)8(4-6(5)9)11-14(2,12)13/h3-4,11H,1-2H3. The van der Waals surface area contributed by atoms with Gasteiger partial charge in [0.1, 0.15) is 11.6 Å². The highest BCUT2D eigenvalue weighted by atomic mass is 32.2. The van der Waals surface area contributed by atoms with Crippen LogP contribution >= 0.6 is 0 Å². The second-order valence-electron chi connectivity index (χ2n) is 2.96. The van der Waals surface area contributed by atoms with E-state index in [4.69, 9.17) is 0 Å². The van der Waals surface area contributed by atoms with Gasteiger partial charge in [0.25, 0.3) is 0 Å². The zero-order valence-corrected chi connectivity index (χ0v) is 8.45. The lowest BCUT2D eigenvalue weighted by molar-refractivity contribution is 0.592. The van der Waals surface area contributed by atoms with Gasteiger partial charge in [-0.15, -0.1) is 0 Å². The number of anilines is 1. The topological polar surface area (TPSA) is 46.2 Å². The lowest BCUT2D eigenvalue weighted by atomic mass is 10.2. The highest BCUT2D eigenvalue weighted by molar-refractivity contribution is 7.92. The van der Waals surface area contributed by atoms with E-state index in [1.54, 1.807) is 0 Å². The Morgan fingerprint density at radius 3 is 2.29 bits per heavy atom. The third kappa shape index (κ3) is 2.66. The Balaban J connectivity index is 3.17. The molecule has 0 saturated carbocycles. The minimum Gasteiger partial charge on any atom is -0.281 e. The first-order valence-electron chi connectivity index (χ1n) is 3.73. The summed E-state index contributed by atoms with van der Waals surface area (Å²) in [6.45, 7) is 1.39. The first kappa shape index (κ1) is 10.9. The van der Waals surface area contributed by atoms with Gasteiger partial charge in [-0.2, -0.15) is 0 Å². The van der Waals surface area contributed by atoms with Gasteiger partial charge >= 0.3 is 0 Å². The SMILES string of the molecule is Cc1cc(F)c(NS(C)(=O)=O)cc1F. The minimum absolute atomic E-state index is 0.126. The molecule has 6 heteroatoms. The summed E-state index contributed by atoms with van der Waals surface area (Å²) in [7, 11) is -3.59. The highest BCUT2D eigenvalue weighted by Gasteiger charge is 2.10. The Labute approximate surface area is 80.8 Å². The molecule has 1 aromatic carbocycles. The molecule has 78 valence electrons. The van der Waals surface area contributed by atoms with Crippen molar-refractivity contribution in [1.29, 1.82) is 0 Å². The molecule has 1 aromatic rings. The van der Waals surface area contributed by atoms with Crippen LogP contribution in [0.2, 0.25) is 0 Å². The average molecular weight is 221 g/mol. The van der Waals surface area contributed by atoms with Gasteiger partial charge in [-0.05, 0) is 18.6 Å². The van der Waals surface area contributed by atoms with Gasteiger partial charge in [0.15, 0.2) is 0 Å². The van der Waals surface area contributed by atoms with Crippen LogP contribution in [0, 0.1) is 18.6 Å². The van der Waals surface area contributed by atoms with E-state index >= 15 is 0 Å². The molecule has 3 nitrogen and oxygen atoms in total. The van der Waals surface area contributed by atoms with Gasteiger partial charge in [-0.1, -0.05) is 0 Å². The number of aryl methyl sites for hydroxylation is 1. The molecular weight excluding hydrogens is 212 g/mol. The normalized spacial score (nSPS) is 11.4. The first-order valence-corrected chi connectivity index (χ1v) is 5.62. The molecule has 0 heterocycles. The van der Waals surface area contributed by atoms with Crippen LogP contribution in [0.3, 0.4) is 0 Å². The van der Waals surface area contributed by atoms with Crippen LogP contribution in [-0.2, 0) is 10.0 Å². The van der Waals surface area contributed by atoms with Gasteiger partial charge in [0.2, 0.25) is 10.0 Å². The molecule has 0 aliphatic rings. The maximum Gasteiger partial charge on any atom is 0.229 e. The van der Waals surface area contributed by atoms with Crippen molar-refractivity contribution in [2.45, 2.75) is 6.92 Å². The van der Waals surface area contributed by atoms with Crippen molar-refractivity contribution in [1.82, 2.24) is 0 Å². The van der Waals surface area contributed by atoms with Crippen molar-refractivity contribution < 1.29 is 17.2 Å². The summed E-state index contributed by atoms with van der Waals surface area (Å²) in [5.41, 5.74) is -0.253. The lowest BCUT2D eigenvalue weighted by Crippen LogP contribution is -2.11. The lowest BCUT2D eigenvalue weighted by Gasteiger charge is -2.06. The van der Waals surface area contributed by atoms with Crippen LogP contribution in [0.4, 0.5) is 14.5 Å². The molecule has 1 N–H and O–H groups in total. The molecule has 0 fully saturated rings. The summed E-state index contributed by atoms with van der Waals surface area (Å²) in [6, 6.07) is 1.74. The molecule has 0 unspecified atom stereocenters. The van der Waals surface area contributed by atoms with Crippen LogP contribution in [-0.4, -0.2) is 14.7 Å².